The Balaban J connectivity index is 1.49. The molecule has 2 unspecified atom stereocenters. The van der Waals surface area contributed by atoms with Crippen molar-refractivity contribution < 1.29 is 0 Å². The van der Waals surface area contributed by atoms with Crippen molar-refractivity contribution in [3.05, 3.63) is 0 Å². The molecule has 3 rings (SSSR count). The summed E-state index contributed by atoms with van der Waals surface area (Å²) in [5.41, 5.74) is 0. The standard InChI is InChI=1S/C12H20N2S/c1-2-10-8-15-12(14-11(10)3-1)13-7-6-9-4-5-9/h9-11H,1-8H2,(H,13,14). The molecule has 2 atom stereocenters. The fraction of sp³-hybridized carbons (Fsp3) is 0.917. The second kappa shape index (κ2) is 4.36. The van der Waals surface area contributed by atoms with Crippen LogP contribution in [0.25, 0.3) is 0 Å². The summed E-state index contributed by atoms with van der Waals surface area (Å²) in [7, 11) is 0. The molecule has 0 amide bonds. The fourth-order valence-corrected chi connectivity index (χ4v) is 3.85. The van der Waals surface area contributed by atoms with Crippen molar-refractivity contribution in [3.63, 3.8) is 0 Å². The molecule has 2 aliphatic carbocycles. The van der Waals surface area contributed by atoms with E-state index in [0.29, 0.717) is 0 Å². The number of nitrogens with zero attached hydrogens (tertiary/aromatic N) is 1. The highest BCUT2D eigenvalue weighted by molar-refractivity contribution is 8.13. The summed E-state index contributed by atoms with van der Waals surface area (Å²) in [6, 6.07) is 0.755. The molecule has 0 aromatic heterocycles. The smallest absolute Gasteiger partial charge is 0.156 e. The summed E-state index contributed by atoms with van der Waals surface area (Å²) in [6.07, 6.45) is 8.44. The van der Waals surface area contributed by atoms with Gasteiger partial charge in [0.2, 0.25) is 0 Å². The highest BCUT2D eigenvalue weighted by Gasteiger charge is 2.32. The zero-order chi connectivity index (χ0) is 10.1. The highest BCUT2D eigenvalue weighted by Crippen LogP contribution is 2.34. The topological polar surface area (TPSA) is 24.4 Å². The van der Waals surface area contributed by atoms with Gasteiger partial charge < -0.3 is 5.32 Å². The minimum Gasteiger partial charge on any atom is -0.362 e. The second-order valence-corrected chi connectivity index (χ2v) is 6.18. The maximum absolute atomic E-state index is 4.69. The lowest BCUT2D eigenvalue weighted by Gasteiger charge is -2.28. The van der Waals surface area contributed by atoms with Gasteiger partial charge in [-0.3, -0.25) is 4.99 Å². The third-order valence-electron chi connectivity index (χ3n) is 3.89. The van der Waals surface area contributed by atoms with E-state index in [9.17, 15) is 0 Å². The Morgan fingerprint density at radius 1 is 1.27 bits per heavy atom. The van der Waals surface area contributed by atoms with Gasteiger partial charge in [-0.1, -0.05) is 31.0 Å². The molecule has 3 aliphatic rings. The molecule has 0 radical (unpaired) electrons. The predicted molar refractivity (Wildman–Crippen MR) is 66.4 cm³/mol. The Morgan fingerprint density at radius 2 is 2.20 bits per heavy atom. The normalized spacial score (nSPS) is 37.7. The van der Waals surface area contributed by atoms with Crippen LogP contribution in [0.4, 0.5) is 0 Å². The van der Waals surface area contributed by atoms with Crippen molar-refractivity contribution in [2.45, 2.75) is 44.6 Å². The summed E-state index contributed by atoms with van der Waals surface area (Å²) in [4.78, 5) is 4.69. The third kappa shape index (κ3) is 2.49. The van der Waals surface area contributed by atoms with E-state index in [1.807, 2.05) is 11.8 Å². The monoisotopic (exact) mass is 224 g/mol. The molecule has 3 fully saturated rings. The molecular weight excluding hydrogens is 204 g/mol. The fourth-order valence-electron chi connectivity index (χ4n) is 2.66. The van der Waals surface area contributed by atoms with Gasteiger partial charge in [0.1, 0.15) is 0 Å². The van der Waals surface area contributed by atoms with Gasteiger partial charge in [0.05, 0.1) is 0 Å². The summed E-state index contributed by atoms with van der Waals surface area (Å²) >= 11 is 1.95. The van der Waals surface area contributed by atoms with Crippen LogP contribution in [0.15, 0.2) is 4.99 Å². The SMILES string of the molecule is C1CC2CSC(=NCCC3CC3)NC2C1. The van der Waals surface area contributed by atoms with Crippen LogP contribution in [0.1, 0.15) is 38.5 Å². The maximum atomic E-state index is 4.69. The molecule has 1 aliphatic heterocycles. The molecule has 15 heavy (non-hydrogen) atoms. The van der Waals surface area contributed by atoms with Gasteiger partial charge in [-0.2, -0.15) is 0 Å². The lowest BCUT2D eigenvalue weighted by atomic mass is 10.1. The molecular formula is C12H20N2S. The zero-order valence-electron chi connectivity index (χ0n) is 9.24. The van der Waals surface area contributed by atoms with Crippen molar-refractivity contribution in [2.75, 3.05) is 12.3 Å². The maximum Gasteiger partial charge on any atom is 0.156 e. The number of thioether (sulfide) groups is 1. The molecule has 2 saturated carbocycles. The van der Waals surface area contributed by atoms with Crippen molar-refractivity contribution in [1.29, 1.82) is 0 Å². The minimum atomic E-state index is 0.755. The molecule has 0 bridgehead atoms. The largest absolute Gasteiger partial charge is 0.362 e. The summed E-state index contributed by atoms with van der Waals surface area (Å²) in [5, 5.41) is 4.86. The first kappa shape index (κ1) is 10.0. The van der Waals surface area contributed by atoms with E-state index in [0.717, 1.165) is 24.4 Å². The lowest BCUT2D eigenvalue weighted by molar-refractivity contribution is 0.489. The summed E-state index contributed by atoms with van der Waals surface area (Å²) < 4.78 is 0. The molecule has 0 aromatic carbocycles. The zero-order valence-corrected chi connectivity index (χ0v) is 10.1. The first-order valence-corrected chi connectivity index (χ1v) is 7.34. The number of nitrogens with one attached hydrogen (secondary N) is 1. The quantitative estimate of drug-likeness (QED) is 0.797. The average Bonchev–Trinajstić information content (AvgIpc) is 2.95. The number of rotatable bonds is 3. The molecule has 2 nitrogen and oxygen atoms in total. The van der Waals surface area contributed by atoms with Gasteiger partial charge >= 0.3 is 0 Å². The molecule has 0 aromatic rings. The van der Waals surface area contributed by atoms with E-state index < -0.39 is 0 Å². The van der Waals surface area contributed by atoms with Crippen LogP contribution in [0, 0.1) is 11.8 Å². The number of aliphatic imine (C=N–C) groups is 1. The highest BCUT2D eigenvalue weighted by atomic mass is 32.2. The van der Waals surface area contributed by atoms with Crippen LogP contribution >= 0.6 is 11.8 Å². The van der Waals surface area contributed by atoms with Gasteiger partial charge in [-0.25, -0.2) is 0 Å². The van der Waals surface area contributed by atoms with Gasteiger partial charge in [-0.05, 0) is 31.1 Å². The first-order chi connectivity index (χ1) is 7.42. The van der Waals surface area contributed by atoms with Crippen molar-refractivity contribution >= 4 is 16.9 Å². The summed E-state index contributed by atoms with van der Waals surface area (Å²) in [6.45, 7) is 1.05. The van der Waals surface area contributed by atoms with Crippen LogP contribution < -0.4 is 5.32 Å². The lowest BCUT2D eigenvalue weighted by Crippen LogP contribution is -2.41. The van der Waals surface area contributed by atoms with Gasteiger partial charge in [0.15, 0.2) is 5.17 Å². The van der Waals surface area contributed by atoms with E-state index in [1.165, 1.54) is 49.4 Å². The number of hydrogen-bond donors (Lipinski definition) is 1. The Kier molecular flexibility index (Phi) is 2.91. The minimum absolute atomic E-state index is 0.755. The van der Waals surface area contributed by atoms with E-state index in [4.69, 9.17) is 4.99 Å². The molecule has 1 heterocycles. The van der Waals surface area contributed by atoms with Crippen LogP contribution in [-0.2, 0) is 0 Å². The Hall–Kier alpha value is -0.180. The van der Waals surface area contributed by atoms with E-state index >= 15 is 0 Å². The van der Waals surface area contributed by atoms with E-state index in [1.54, 1.807) is 0 Å². The van der Waals surface area contributed by atoms with Gasteiger partial charge in [0.25, 0.3) is 0 Å². The Morgan fingerprint density at radius 3 is 3.07 bits per heavy atom. The van der Waals surface area contributed by atoms with Crippen molar-refractivity contribution in [2.24, 2.45) is 16.8 Å². The van der Waals surface area contributed by atoms with Crippen LogP contribution in [-0.4, -0.2) is 23.5 Å². The van der Waals surface area contributed by atoms with Crippen LogP contribution in [0.3, 0.4) is 0 Å². The molecule has 0 spiro atoms. The second-order valence-electron chi connectivity index (χ2n) is 5.17. The van der Waals surface area contributed by atoms with Crippen LogP contribution in [0.2, 0.25) is 0 Å². The van der Waals surface area contributed by atoms with E-state index in [2.05, 4.69) is 5.32 Å². The van der Waals surface area contributed by atoms with Gasteiger partial charge in [0, 0.05) is 18.3 Å². The Labute approximate surface area is 96.3 Å². The van der Waals surface area contributed by atoms with E-state index in [-0.39, 0.29) is 0 Å². The molecule has 84 valence electrons. The van der Waals surface area contributed by atoms with Crippen LogP contribution in [0.5, 0.6) is 0 Å². The molecule has 1 N–H and O–H groups in total. The Bertz CT molecular complexity index is 260. The number of hydrogen-bond acceptors (Lipinski definition) is 2. The number of amidine groups is 1. The first-order valence-electron chi connectivity index (χ1n) is 6.35. The number of fused-ring (bicyclic) bond motifs is 1. The van der Waals surface area contributed by atoms with Crippen molar-refractivity contribution in [1.82, 2.24) is 5.32 Å². The molecule has 3 heteroatoms. The third-order valence-corrected chi connectivity index (χ3v) is 5.01. The average molecular weight is 224 g/mol. The summed E-state index contributed by atoms with van der Waals surface area (Å²) in [5.74, 6) is 3.25. The van der Waals surface area contributed by atoms with Crippen molar-refractivity contribution in [3.8, 4) is 0 Å². The predicted octanol–water partition coefficient (Wildman–Crippen LogP) is 2.65. The molecule has 1 saturated heterocycles. The van der Waals surface area contributed by atoms with Gasteiger partial charge in [-0.15, -0.1) is 0 Å².